The van der Waals surface area contributed by atoms with Crippen molar-refractivity contribution < 1.29 is 4.39 Å². The second kappa shape index (κ2) is 2.45. The van der Waals surface area contributed by atoms with Crippen molar-refractivity contribution in [1.82, 2.24) is 5.32 Å². The predicted octanol–water partition coefficient (Wildman–Crippen LogP) is 1.78. The van der Waals surface area contributed by atoms with E-state index in [1.54, 1.807) is 12.2 Å². The molecule has 1 N–H and O–H groups in total. The minimum Gasteiger partial charge on any atom is -0.307 e. The fourth-order valence-electron chi connectivity index (χ4n) is 1.89. The molecule has 1 aliphatic carbocycles. The highest BCUT2D eigenvalue weighted by Gasteiger charge is 2.29. The lowest BCUT2D eigenvalue weighted by molar-refractivity contribution is 0.563. The van der Waals surface area contributed by atoms with Crippen LogP contribution in [0.3, 0.4) is 0 Å². The maximum atomic E-state index is 12.7. The summed E-state index contributed by atoms with van der Waals surface area (Å²) in [5.41, 5.74) is 0. The first kappa shape index (κ1) is 7.04. The summed E-state index contributed by atoms with van der Waals surface area (Å²) < 4.78 is 12.7. The molecule has 2 aliphatic rings. The van der Waals surface area contributed by atoms with Crippen molar-refractivity contribution in [1.29, 1.82) is 0 Å². The van der Waals surface area contributed by atoms with Crippen LogP contribution in [0.25, 0.3) is 0 Å². The molecule has 0 radical (unpaired) electrons. The fraction of sp³-hybridized carbons (Fsp3) is 0.556. The van der Waals surface area contributed by atoms with Gasteiger partial charge in [0.25, 0.3) is 0 Å². The smallest absolute Gasteiger partial charge is 0.120 e. The maximum Gasteiger partial charge on any atom is 0.120 e. The average Bonchev–Trinajstić information content (AvgIpc) is 2.27. The van der Waals surface area contributed by atoms with Gasteiger partial charge in [-0.15, -0.1) is 0 Å². The number of hydrogen-bond donors (Lipinski definition) is 1. The monoisotopic (exact) mass is 153 g/mol. The summed E-state index contributed by atoms with van der Waals surface area (Å²) in [5.74, 6) is 0.414. The second-order valence-electron chi connectivity index (χ2n) is 3.40. The first-order valence-electron chi connectivity index (χ1n) is 4.07. The SMILES string of the molecule is CC1CC2C=CC(F)=CC2N1. The Kier molecular flexibility index (Phi) is 1.57. The molecule has 1 saturated heterocycles. The first-order valence-corrected chi connectivity index (χ1v) is 4.07. The van der Waals surface area contributed by atoms with Gasteiger partial charge in [0.2, 0.25) is 0 Å². The first-order chi connectivity index (χ1) is 5.25. The van der Waals surface area contributed by atoms with E-state index in [1.807, 2.05) is 6.08 Å². The van der Waals surface area contributed by atoms with Crippen molar-refractivity contribution in [3.63, 3.8) is 0 Å². The van der Waals surface area contributed by atoms with Crippen LogP contribution in [0.1, 0.15) is 13.3 Å². The Hall–Kier alpha value is -0.630. The van der Waals surface area contributed by atoms with E-state index in [0.717, 1.165) is 6.42 Å². The number of nitrogens with one attached hydrogen (secondary N) is 1. The molecule has 2 heteroatoms. The average molecular weight is 153 g/mol. The third-order valence-corrected chi connectivity index (χ3v) is 2.41. The molecule has 0 saturated carbocycles. The Morgan fingerprint density at radius 1 is 1.64 bits per heavy atom. The maximum absolute atomic E-state index is 12.7. The summed E-state index contributed by atoms with van der Waals surface area (Å²) in [5, 5.41) is 3.32. The quantitative estimate of drug-likeness (QED) is 0.559. The minimum absolute atomic E-state index is 0.104. The molecule has 2 rings (SSSR count). The van der Waals surface area contributed by atoms with E-state index in [1.165, 1.54) is 0 Å². The van der Waals surface area contributed by atoms with Gasteiger partial charge in [-0.05, 0) is 31.4 Å². The predicted molar refractivity (Wildman–Crippen MR) is 42.8 cm³/mol. The highest BCUT2D eigenvalue weighted by Crippen LogP contribution is 2.27. The number of halogens is 1. The van der Waals surface area contributed by atoms with E-state index >= 15 is 0 Å². The zero-order valence-corrected chi connectivity index (χ0v) is 6.55. The molecule has 0 amide bonds. The Morgan fingerprint density at radius 3 is 3.27 bits per heavy atom. The van der Waals surface area contributed by atoms with Crippen molar-refractivity contribution in [3.05, 3.63) is 24.1 Å². The molecule has 0 spiro atoms. The van der Waals surface area contributed by atoms with Crippen LogP contribution in [0.15, 0.2) is 24.1 Å². The van der Waals surface area contributed by atoms with Crippen LogP contribution >= 0.6 is 0 Å². The van der Waals surface area contributed by atoms with Crippen LogP contribution in [-0.2, 0) is 0 Å². The van der Waals surface area contributed by atoms with Crippen molar-refractivity contribution >= 4 is 0 Å². The van der Waals surface area contributed by atoms with Gasteiger partial charge in [-0.1, -0.05) is 6.08 Å². The molecule has 0 aromatic heterocycles. The van der Waals surface area contributed by atoms with E-state index in [4.69, 9.17) is 0 Å². The highest BCUT2D eigenvalue weighted by molar-refractivity contribution is 5.24. The fourth-order valence-corrected chi connectivity index (χ4v) is 1.89. The third-order valence-electron chi connectivity index (χ3n) is 2.41. The Morgan fingerprint density at radius 2 is 2.45 bits per heavy atom. The molecule has 60 valence electrons. The molecule has 3 unspecified atom stereocenters. The van der Waals surface area contributed by atoms with E-state index in [9.17, 15) is 4.39 Å². The zero-order valence-electron chi connectivity index (χ0n) is 6.55. The van der Waals surface area contributed by atoms with Crippen molar-refractivity contribution in [2.24, 2.45) is 5.92 Å². The van der Waals surface area contributed by atoms with Crippen LogP contribution in [0.5, 0.6) is 0 Å². The lowest BCUT2D eigenvalue weighted by atomic mass is 9.95. The number of allylic oxidation sites excluding steroid dienone is 2. The van der Waals surface area contributed by atoms with Crippen LogP contribution < -0.4 is 5.32 Å². The van der Waals surface area contributed by atoms with Gasteiger partial charge in [0, 0.05) is 12.1 Å². The van der Waals surface area contributed by atoms with Gasteiger partial charge in [0.15, 0.2) is 0 Å². The van der Waals surface area contributed by atoms with Crippen molar-refractivity contribution in [3.8, 4) is 0 Å². The van der Waals surface area contributed by atoms with Crippen LogP contribution in [-0.4, -0.2) is 12.1 Å². The zero-order chi connectivity index (χ0) is 7.84. The van der Waals surface area contributed by atoms with E-state index in [2.05, 4.69) is 12.2 Å². The molecule has 0 aromatic carbocycles. The molecule has 1 heterocycles. The molecule has 0 aromatic rings. The normalized spacial score (nSPS) is 42.0. The highest BCUT2D eigenvalue weighted by atomic mass is 19.1. The molecule has 3 atom stereocenters. The van der Waals surface area contributed by atoms with Crippen LogP contribution in [0, 0.1) is 5.92 Å². The van der Waals surface area contributed by atoms with Gasteiger partial charge in [-0.2, -0.15) is 0 Å². The van der Waals surface area contributed by atoms with E-state index < -0.39 is 0 Å². The molecule has 1 fully saturated rings. The third kappa shape index (κ3) is 1.23. The Bertz CT molecular complexity index is 220. The summed E-state index contributed by atoms with van der Waals surface area (Å²) in [4.78, 5) is 0. The summed E-state index contributed by atoms with van der Waals surface area (Å²) in [7, 11) is 0. The topological polar surface area (TPSA) is 12.0 Å². The van der Waals surface area contributed by atoms with Gasteiger partial charge in [0.1, 0.15) is 5.83 Å². The lowest BCUT2D eigenvalue weighted by Crippen LogP contribution is -2.28. The molecule has 1 aliphatic heterocycles. The molecular weight excluding hydrogens is 141 g/mol. The van der Waals surface area contributed by atoms with Gasteiger partial charge >= 0.3 is 0 Å². The van der Waals surface area contributed by atoms with Gasteiger partial charge in [-0.3, -0.25) is 0 Å². The van der Waals surface area contributed by atoms with Crippen LogP contribution in [0.4, 0.5) is 4.39 Å². The standard InChI is InChI=1S/C9H12FN/c1-6-4-7-2-3-8(10)5-9(7)11-6/h2-3,5-7,9,11H,4H2,1H3. The Labute approximate surface area is 66.0 Å². The van der Waals surface area contributed by atoms with Crippen LogP contribution in [0.2, 0.25) is 0 Å². The number of rotatable bonds is 0. The Balaban J connectivity index is 2.17. The molecule has 0 bridgehead atoms. The molecule has 11 heavy (non-hydrogen) atoms. The minimum atomic E-state index is -0.104. The van der Waals surface area contributed by atoms with Gasteiger partial charge < -0.3 is 5.32 Å². The number of fused-ring (bicyclic) bond motifs is 1. The lowest BCUT2D eigenvalue weighted by Gasteiger charge is -2.14. The summed E-state index contributed by atoms with van der Waals surface area (Å²) in [6.07, 6.45) is 6.34. The summed E-state index contributed by atoms with van der Waals surface area (Å²) >= 11 is 0. The second-order valence-corrected chi connectivity index (χ2v) is 3.40. The van der Waals surface area contributed by atoms with E-state index in [-0.39, 0.29) is 11.9 Å². The van der Waals surface area contributed by atoms with Gasteiger partial charge in [-0.25, -0.2) is 4.39 Å². The van der Waals surface area contributed by atoms with Crippen molar-refractivity contribution in [2.45, 2.75) is 25.4 Å². The van der Waals surface area contributed by atoms with Gasteiger partial charge in [0.05, 0.1) is 0 Å². The summed E-state index contributed by atoms with van der Waals surface area (Å²) in [6.45, 7) is 2.14. The largest absolute Gasteiger partial charge is 0.307 e. The van der Waals surface area contributed by atoms with E-state index in [0.29, 0.717) is 12.0 Å². The molecule has 1 nitrogen and oxygen atoms in total. The number of hydrogen-bond acceptors (Lipinski definition) is 1. The van der Waals surface area contributed by atoms with Crippen molar-refractivity contribution in [2.75, 3.05) is 0 Å². The molecular formula is C9H12FN. The summed E-state index contributed by atoms with van der Waals surface area (Å²) in [6, 6.07) is 0.770.